The van der Waals surface area contributed by atoms with E-state index in [9.17, 15) is 4.79 Å². The van der Waals surface area contributed by atoms with Gasteiger partial charge in [0, 0.05) is 36.4 Å². The number of pyridine rings is 1. The summed E-state index contributed by atoms with van der Waals surface area (Å²) in [5.41, 5.74) is 14.7. The van der Waals surface area contributed by atoms with Crippen molar-refractivity contribution in [1.82, 2.24) is 15.0 Å². The third kappa shape index (κ3) is 4.45. The van der Waals surface area contributed by atoms with Gasteiger partial charge in [0.15, 0.2) is 0 Å². The first-order valence-electron chi connectivity index (χ1n) is 12.7. The lowest BCUT2D eigenvalue weighted by molar-refractivity contribution is 0.0995. The van der Waals surface area contributed by atoms with Gasteiger partial charge in [-0.3, -0.25) is 9.78 Å². The molecule has 3 aromatic carbocycles. The standard InChI is InChI=1S/C31H27N5O3/c1-18-21(7-5-9-26(18)36-31-23-6-3-4-8-27(23)34-17-35-31)25-16-33-29(30(32)37)24-15-19-14-20(39-13-12-38-2)10-11-22(19)28(24)25/h3-11,14,16-17H,12-13,15H2,1-2H3,(H2,32,37)(H,34,35,36). The molecule has 0 unspecified atom stereocenters. The van der Waals surface area contributed by atoms with E-state index < -0.39 is 5.91 Å². The van der Waals surface area contributed by atoms with E-state index in [0.717, 1.165) is 67.1 Å². The van der Waals surface area contributed by atoms with Gasteiger partial charge < -0.3 is 20.5 Å². The summed E-state index contributed by atoms with van der Waals surface area (Å²) in [6, 6.07) is 20.0. The molecule has 3 N–H and O–H groups in total. The highest BCUT2D eigenvalue weighted by Gasteiger charge is 2.28. The number of fused-ring (bicyclic) bond motifs is 4. The van der Waals surface area contributed by atoms with Crippen LogP contribution in [-0.2, 0) is 11.2 Å². The Morgan fingerprint density at radius 2 is 1.85 bits per heavy atom. The Bertz CT molecular complexity index is 1730. The second kappa shape index (κ2) is 10.2. The zero-order chi connectivity index (χ0) is 26.9. The Balaban J connectivity index is 1.44. The van der Waals surface area contributed by atoms with E-state index in [2.05, 4.69) is 33.3 Å². The largest absolute Gasteiger partial charge is 0.491 e. The Morgan fingerprint density at radius 1 is 0.974 bits per heavy atom. The van der Waals surface area contributed by atoms with Gasteiger partial charge in [-0.1, -0.05) is 30.3 Å². The number of hydrogen-bond acceptors (Lipinski definition) is 7. The summed E-state index contributed by atoms with van der Waals surface area (Å²) in [4.78, 5) is 25.7. The number of primary amides is 1. The van der Waals surface area contributed by atoms with E-state index in [1.807, 2.05) is 54.6 Å². The fourth-order valence-corrected chi connectivity index (χ4v) is 5.23. The predicted octanol–water partition coefficient (Wildman–Crippen LogP) is 5.44. The SMILES string of the molecule is COCCOc1ccc2c(c1)Cc1c(C(N)=O)ncc(-c3cccc(Nc4ncnc5ccccc45)c3C)c1-2. The Morgan fingerprint density at radius 3 is 2.69 bits per heavy atom. The van der Waals surface area contributed by atoms with Crippen LogP contribution in [0.15, 0.2) is 73.2 Å². The van der Waals surface area contributed by atoms with Crippen molar-refractivity contribution in [2.75, 3.05) is 25.6 Å². The number of carbonyl (C=O) groups is 1. The molecule has 1 aliphatic carbocycles. The maximum absolute atomic E-state index is 12.3. The lowest BCUT2D eigenvalue weighted by Gasteiger charge is -2.17. The van der Waals surface area contributed by atoms with E-state index in [1.165, 1.54) is 0 Å². The zero-order valence-corrected chi connectivity index (χ0v) is 21.7. The second-order valence-corrected chi connectivity index (χ2v) is 9.42. The summed E-state index contributed by atoms with van der Waals surface area (Å²) < 4.78 is 10.9. The van der Waals surface area contributed by atoms with Crippen LogP contribution in [0.25, 0.3) is 33.2 Å². The molecule has 0 spiro atoms. The van der Waals surface area contributed by atoms with E-state index in [0.29, 0.717) is 25.3 Å². The molecule has 5 aromatic rings. The van der Waals surface area contributed by atoms with Crippen LogP contribution >= 0.6 is 0 Å². The maximum Gasteiger partial charge on any atom is 0.267 e. The van der Waals surface area contributed by atoms with E-state index in [1.54, 1.807) is 19.6 Å². The summed E-state index contributed by atoms with van der Waals surface area (Å²) >= 11 is 0. The summed E-state index contributed by atoms with van der Waals surface area (Å²) in [5.74, 6) is 0.956. The van der Waals surface area contributed by atoms with Gasteiger partial charge >= 0.3 is 0 Å². The fraction of sp³-hybridized carbons (Fsp3) is 0.161. The van der Waals surface area contributed by atoms with Gasteiger partial charge in [-0.2, -0.15) is 0 Å². The molecular formula is C31H27N5O3. The van der Waals surface area contributed by atoms with Crippen LogP contribution < -0.4 is 15.8 Å². The number of aromatic nitrogens is 3. The normalized spacial score (nSPS) is 11.7. The molecule has 8 heteroatoms. The van der Waals surface area contributed by atoms with Gasteiger partial charge in [0.25, 0.3) is 5.91 Å². The van der Waals surface area contributed by atoms with Crippen molar-refractivity contribution in [1.29, 1.82) is 0 Å². The van der Waals surface area contributed by atoms with Crippen molar-refractivity contribution < 1.29 is 14.3 Å². The zero-order valence-electron chi connectivity index (χ0n) is 21.7. The first kappa shape index (κ1) is 24.5. The molecule has 2 aromatic heterocycles. The number of nitrogens with one attached hydrogen (secondary N) is 1. The van der Waals surface area contributed by atoms with Crippen molar-refractivity contribution in [3.05, 3.63) is 95.6 Å². The first-order valence-corrected chi connectivity index (χ1v) is 12.7. The summed E-state index contributed by atoms with van der Waals surface area (Å²) in [5, 5.41) is 4.44. The number of nitrogens with zero attached hydrogens (tertiary/aromatic N) is 3. The van der Waals surface area contributed by atoms with Crippen LogP contribution in [0.2, 0.25) is 0 Å². The molecule has 0 saturated carbocycles. The molecular weight excluding hydrogens is 490 g/mol. The Kier molecular flexibility index (Phi) is 6.38. The predicted molar refractivity (Wildman–Crippen MR) is 151 cm³/mol. The smallest absolute Gasteiger partial charge is 0.267 e. The van der Waals surface area contributed by atoms with Crippen LogP contribution in [0.5, 0.6) is 5.75 Å². The highest BCUT2D eigenvalue weighted by molar-refractivity contribution is 6.00. The van der Waals surface area contributed by atoms with Crippen LogP contribution in [0.3, 0.4) is 0 Å². The minimum Gasteiger partial charge on any atom is -0.491 e. The average Bonchev–Trinajstić information content (AvgIpc) is 3.33. The van der Waals surface area contributed by atoms with Gasteiger partial charge in [0.2, 0.25) is 0 Å². The molecule has 0 atom stereocenters. The molecule has 1 amide bonds. The monoisotopic (exact) mass is 517 g/mol. The highest BCUT2D eigenvalue weighted by Crippen LogP contribution is 2.46. The van der Waals surface area contributed by atoms with Crippen LogP contribution in [0.1, 0.15) is 27.2 Å². The molecule has 2 heterocycles. The van der Waals surface area contributed by atoms with Gasteiger partial charge in [-0.25, -0.2) is 9.97 Å². The molecule has 8 nitrogen and oxygen atoms in total. The first-order chi connectivity index (χ1) is 19.0. The number of amides is 1. The average molecular weight is 518 g/mol. The van der Waals surface area contributed by atoms with Crippen molar-refractivity contribution in [3.8, 4) is 28.0 Å². The molecule has 194 valence electrons. The van der Waals surface area contributed by atoms with Gasteiger partial charge in [-0.05, 0) is 70.6 Å². The fourth-order valence-electron chi connectivity index (χ4n) is 5.23. The van der Waals surface area contributed by atoms with Gasteiger partial charge in [-0.15, -0.1) is 0 Å². The summed E-state index contributed by atoms with van der Waals surface area (Å²) in [6.45, 7) is 3.03. The molecule has 39 heavy (non-hydrogen) atoms. The van der Waals surface area contributed by atoms with Crippen molar-refractivity contribution in [2.24, 2.45) is 5.73 Å². The molecule has 1 aliphatic rings. The van der Waals surface area contributed by atoms with E-state index >= 15 is 0 Å². The quantitative estimate of drug-likeness (QED) is 0.259. The molecule has 0 aliphatic heterocycles. The lowest BCUT2D eigenvalue weighted by atomic mass is 9.92. The molecule has 0 bridgehead atoms. The molecule has 0 fully saturated rings. The highest BCUT2D eigenvalue weighted by atomic mass is 16.5. The number of ether oxygens (including phenoxy) is 2. The minimum atomic E-state index is -0.537. The van der Waals surface area contributed by atoms with E-state index in [-0.39, 0.29) is 0 Å². The topological polar surface area (TPSA) is 112 Å². The summed E-state index contributed by atoms with van der Waals surface area (Å²) in [7, 11) is 1.64. The van der Waals surface area contributed by atoms with Crippen molar-refractivity contribution in [2.45, 2.75) is 13.3 Å². The van der Waals surface area contributed by atoms with Crippen LogP contribution in [0, 0.1) is 6.92 Å². The Labute approximate surface area is 225 Å². The number of anilines is 2. The third-order valence-electron chi connectivity index (χ3n) is 7.10. The number of carbonyl (C=O) groups excluding carboxylic acids is 1. The van der Waals surface area contributed by atoms with Crippen molar-refractivity contribution in [3.63, 3.8) is 0 Å². The minimum absolute atomic E-state index is 0.297. The third-order valence-corrected chi connectivity index (χ3v) is 7.10. The van der Waals surface area contributed by atoms with Crippen LogP contribution in [0.4, 0.5) is 11.5 Å². The lowest BCUT2D eigenvalue weighted by Crippen LogP contribution is -2.16. The molecule has 6 rings (SSSR count). The van der Waals surface area contributed by atoms with Gasteiger partial charge in [0.05, 0.1) is 12.1 Å². The maximum atomic E-state index is 12.3. The van der Waals surface area contributed by atoms with E-state index in [4.69, 9.17) is 15.2 Å². The molecule has 0 radical (unpaired) electrons. The van der Waals surface area contributed by atoms with Gasteiger partial charge in [0.1, 0.15) is 30.2 Å². The number of rotatable bonds is 8. The number of hydrogen-bond donors (Lipinski definition) is 2. The van der Waals surface area contributed by atoms with Crippen LogP contribution in [-0.4, -0.2) is 41.2 Å². The number of benzene rings is 3. The number of methoxy groups -OCH3 is 1. The second-order valence-electron chi connectivity index (χ2n) is 9.42. The summed E-state index contributed by atoms with van der Waals surface area (Å²) in [6.07, 6.45) is 3.87. The Hall–Kier alpha value is -4.82. The number of nitrogens with two attached hydrogens (primary N) is 1. The van der Waals surface area contributed by atoms with Crippen molar-refractivity contribution >= 4 is 28.3 Å². The number of para-hydroxylation sites is 1. The molecule has 0 saturated heterocycles.